The average Bonchev–Trinajstić information content (AvgIpc) is 2.59. The zero-order valence-electron chi connectivity index (χ0n) is 14.1. The van der Waals surface area contributed by atoms with Crippen LogP contribution < -0.4 is 10.2 Å². The van der Waals surface area contributed by atoms with Gasteiger partial charge in [-0.2, -0.15) is 16.9 Å². The van der Waals surface area contributed by atoms with Crippen LogP contribution in [-0.4, -0.2) is 35.5 Å². The van der Waals surface area contributed by atoms with Crippen LogP contribution in [0.1, 0.15) is 11.1 Å². The van der Waals surface area contributed by atoms with Crippen molar-refractivity contribution in [1.29, 1.82) is 0 Å². The summed E-state index contributed by atoms with van der Waals surface area (Å²) < 4.78 is 5.79. The van der Waals surface area contributed by atoms with Crippen molar-refractivity contribution in [3.63, 3.8) is 0 Å². The Bertz CT molecular complexity index is 764. The summed E-state index contributed by atoms with van der Waals surface area (Å²) in [5.74, 6) is 3.94. The maximum atomic E-state index is 11.8. The Kier molecular flexibility index (Phi) is 7.29. The molecule has 2 aromatic rings. The molecule has 7 heteroatoms. The summed E-state index contributed by atoms with van der Waals surface area (Å²) in [7, 11) is 0. The Morgan fingerprint density at radius 2 is 2.12 bits per heavy atom. The van der Waals surface area contributed by atoms with Crippen LogP contribution in [0.4, 0.5) is 0 Å². The van der Waals surface area contributed by atoms with E-state index >= 15 is 0 Å². The van der Waals surface area contributed by atoms with Crippen molar-refractivity contribution in [3.05, 3.63) is 64.7 Å². The number of hydrogen-bond acceptors (Lipinski definition) is 5. The summed E-state index contributed by atoms with van der Waals surface area (Å²) in [5.41, 5.74) is 4.55. The molecule has 0 aliphatic carbocycles. The van der Waals surface area contributed by atoms with Crippen LogP contribution in [0.5, 0.6) is 5.75 Å². The van der Waals surface area contributed by atoms with E-state index in [4.69, 9.17) is 16.3 Å². The maximum Gasteiger partial charge on any atom is 0.250 e. The zero-order valence-corrected chi connectivity index (χ0v) is 16.4. The van der Waals surface area contributed by atoms with Crippen LogP contribution in [0.25, 0.3) is 0 Å². The Hall–Kier alpha value is -1.63. The minimum Gasteiger partial charge on any atom is -0.489 e. The largest absolute Gasteiger partial charge is 0.489 e. The quantitative estimate of drug-likeness (QED) is 0.526. The standard InChI is InChI=1S/C19H19ClN2O2S2/c20-16-3-1-2-15(8-16)10-25-13-19(23)22-21-9-14-4-6-17(7-5-14)24-18-11-26-12-18/h1-9,18H,10-13H2,(H,22,23)/b21-9+. The SMILES string of the molecule is O=C(CSCc1cccc(Cl)c1)N/N=C/c1ccc(OC2CSC2)cc1. The molecular weight excluding hydrogens is 388 g/mol. The van der Waals surface area contributed by atoms with Gasteiger partial charge in [-0.3, -0.25) is 4.79 Å². The first-order chi connectivity index (χ1) is 12.7. The molecule has 1 aliphatic rings. The van der Waals surface area contributed by atoms with Crippen molar-refractivity contribution in [2.24, 2.45) is 5.10 Å². The monoisotopic (exact) mass is 406 g/mol. The fourth-order valence-corrected chi connectivity index (χ4v) is 3.75. The number of amides is 1. The number of hydrazone groups is 1. The number of benzene rings is 2. The lowest BCUT2D eigenvalue weighted by Gasteiger charge is -2.25. The van der Waals surface area contributed by atoms with E-state index in [0.717, 1.165) is 34.1 Å². The third-order valence-corrected chi connectivity index (χ3v) is 6.04. The van der Waals surface area contributed by atoms with Crippen LogP contribution in [0.3, 0.4) is 0 Å². The van der Waals surface area contributed by atoms with Crippen molar-refractivity contribution in [2.45, 2.75) is 11.9 Å². The molecule has 1 aliphatic heterocycles. The van der Waals surface area contributed by atoms with Crippen molar-refractivity contribution < 1.29 is 9.53 Å². The van der Waals surface area contributed by atoms with Gasteiger partial charge in [0.05, 0.1) is 12.0 Å². The van der Waals surface area contributed by atoms with Gasteiger partial charge in [-0.25, -0.2) is 5.43 Å². The summed E-state index contributed by atoms with van der Waals surface area (Å²) in [6.07, 6.45) is 1.96. The first-order valence-corrected chi connectivity index (χ1v) is 10.9. The molecule has 0 unspecified atom stereocenters. The molecule has 136 valence electrons. The van der Waals surface area contributed by atoms with Crippen LogP contribution in [0.15, 0.2) is 53.6 Å². The molecule has 1 saturated heterocycles. The van der Waals surface area contributed by atoms with Gasteiger partial charge in [0.15, 0.2) is 0 Å². The highest BCUT2D eigenvalue weighted by atomic mass is 35.5. The summed E-state index contributed by atoms with van der Waals surface area (Å²) in [4.78, 5) is 11.8. The predicted molar refractivity (Wildman–Crippen MR) is 112 cm³/mol. The van der Waals surface area contributed by atoms with E-state index in [1.165, 1.54) is 11.8 Å². The Balaban J connectivity index is 1.36. The van der Waals surface area contributed by atoms with Crippen molar-refractivity contribution in [1.82, 2.24) is 5.43 Å². The average molecular weight is 407 g/mol. The van der Waals surface area contributed by atoms with Crippen molar-refractivity contribution in [3.8, 4) is 5.75 Å². The molecule has 0 radical (unpaired) electrons. The van der Waals surface area contributed by atoms with Gasteiger partial charge in [-0.1, -0.05) is 23.7 Å². The lowest BCUT2D eigenvalue weighted by atomic mass is 10.2. The normalized spacial score (nSPS) is 14.2. The van der Waals surface area contributed by atoms with E-state index in [2.05, 4.69) is 10.5 Å². The summed E-state index contributed by atoms with van der Waals surface area (Å²) >= 11 is 9.36. The van der Waals surface area contributed by atoms with Gasteiger partial charge in [-0.05, 0) is 47.5 Å². The van der Waals surface area contributed by atoms with Crippen LogP contribution in [-0.2, 0) is 10.5 Å². The summed E-state index contributed by atoms with van der Waals surface area (Å²) in [6.45, 7) is 0. The van der Waals surface area contributed by atoms with Gasteiger partial charge >= 0.3 is 0 Å². The molecule has 1 N–H and O–H groups in total. The first kappa shape index (κ1) is 19.1. The number of nitrogens with zero attached hydrogens (tertiary/aromatic N) is 1. The van der Waals surface area contributed by atoms with Crippen LogP contribution >= 0.6 is 35.1 Å². The number of carbonyl (C=O) groups excluding carboxylic acids is 1. The Morgan fingerprint density at radius 1 is 1.31 bits per heavy atom. The molecule has 0 bridgehead atoms. The minimum atomic E-state index is -0.129. The van der Waals surface area contributed by atoms with Gasteiger partial charge in [0, 0.05) is 22.3 Å². The van der Waals surface area contributed by atoms with E-state index < -0.39 is 0 Å². The second-order valence-corrected chi connectivity index (χ2v) is 8.26. The molecule has 1 heterocycles. The van der Waals surface area contributed by atoms with Crippen molar-refractivity contribution >= 4 is 47.2 Å². The van der Waals surface area contributed by atoms with Crippen LogP contribution in [0.2, 0.25) is 5.02 Å². The molecule has 2 aromatic carbocycles. The fourth-order valence-electron chi connectivity index (χ4n) is 2.21. The first-order valence-electron chi connectivity index (χ1n) is 8.17. The molecule has 0 atom stereocenters. The Labute approximate surface area is 166 Å². The summed E-state index contributed by atoms with van der Waals surface area (Å²) in [6, 6.07) is 15.3. The lowest BCUT2D eigenvalue weighted by molar-refractivity contribution is -0.118. The third kappa shape index (κ3) is 6.27. The molecule has 0 aromatic heterocycles. The van der Waals surface area contributed by atoms with E-state index in [-0.39, 0.29) is 5.91 Å². The highest BCUT2D eigenvalue weighted by Crippen LogP contribution is 2.23. The van der Waals surface area contributed by atoms with Gasteiger partial charge in [0.2, 0.25) is 5.91 Å². The van der Waals surface area contributed by atoms with E-state index in [0.29, 0.717) is 16.9 Å². The minimum absolute atomic E-state index is 0.129. The van der Waals surface area contributed by atoms with E-state index in [9.17, 15) is 4.79 Å². The number of hydrogen-bond donors (Lipinski definition) is 1. The zero-order chi connectivity index (χ0) is 18.2. The Morgan fingerprint density at radius 3 is 2.81 bits per heavy atom. The molecule has 1 fully saturated rings. The van der Waals surface area contributed by atoms with Gasteiger partial charge < -0.3 is 4.74 Å². The molecule has 0 spiro atoms. The van der Waals surface area contributed by atoms with Gasteiger partial charge in [0.25, 0.3) is 0 Å². The topological polar surface area (TPSA) is 50.7 Å². The van der Waals surface area contributed by atoms with Gasteiger partial charge in [-0.15, -0.1) is 11.8 Å². The third-order valence-electron chi connectivity index (χ3n) is 3.58. The maximum absolute atomic E-state index is 11.8. The highest BCUT2D eigenvalue weighted by Gasteiger charge is 2.19. The number of nitrogens with one attached hydrogen (secondary N) is 1. The fraction of sp³-hybridized carbons (Fsp3) is 0.263. The lowest BCUT2D eigenvalue weighted by Crippen LogP contribution is -2.30. The number of carbonyl (C=O) groups is 1. The summed E-state index contributed by atoms with van der Waals surface area (Å²) in [5, 5.41) is 4.70. The van der Waals surface area contributed by atoms with Gasteiger partial charge in [0.1, 0.15) is 11.9 Å². The number of ether oxygens (including phenoxy) is 1. The smallest absolute Gasteiger partial charge is 0.250 e. The number of rotatable bonds is 8. The number of halogens is 1. The van der Waals surface area contributed by atoms with Crippen molar-refractivity contribution in [2.75, 3.05) is 17.3 Å². The van der Waals surface area contributed by atoms with E-state index in [1.54, 1.807) is 6.21 Å². The second-order valence-electron chi connectivity index (χ2n) is 5.76. The van der Waals surface area contributed by atoms with E-state index in [1.807, 2.05) is 60.3 Å². The molecule has 4 nitrogen and oxygen atoms in total. The molecule has 1 amide bonds. The van der Waals surface area contributed by atoms with Crippen LogP contribution in [0, 0.1) is 0 Å². The molecule has 0 saturated carbocycles. The predicted octanol–water partition coefficient (Wildman–Crippen LogP) is 4.22. The highest BCUT2D eigenvalue weighted by molar-refractivity contribution is 8.00. The molecule has 26 heavy (non-hydrogen) atoms. The second kappa shape index (κ2) is 9.90. The molecule has 3 rings (SSSR count). The number of thioether (sulfide) groups is 2. The molecular formula is C19H19ClN2O2S2.